The normalized spacial score (nSPS) is 25.9. The van der Waals surface area contributed by atoms with Crippen molar-refractivity contribution in [3.8, 4) is 17.1 Å². The van der Waals surface area contributed by atoms with E-state index in [1.165, 1.54) is 12.3 Å². The highest BCUT2D eigenvalue weighted by Gasteiger charge is 2.44. The molecule has 2 aromatic carbocycles. The third-order valence-electron chi connectivity index (χ3n) is 5.54. The number of ether oxygens (including phenoxy) is 2. The van der Waals surface area contributed by atoms with Gasteiger partial charge < -0.3 is 38.7 Å². The Morgan fingerprint density at radius 1 is 0.938 bits per heavy atom. The van der Waals surface area contributed by atoms with Crippen LogP contribution >= 0.6 is 0 Å². The standard InChI is InChI=1S/C23H20O9/c24-10-18-19(26)20(27)21(28)23(32-18)30-12-3-1-2-11(8-12)17-9-15(25)13-4-5-16-14(6-7-29-16)22(13)31-17/h1-9,18-21,23-24,26-28H,10H2/t18?,19-,20+,21?,23-/m1/s1. The van der Waals surface area contributed by atoms with Crippen molar-refractivity contribution in [3.63, 3.8) is 0 Å². The summed E-state index contributed by atoms with van der Waals surface area (Å²) in [6.07, 6.45) is -5.46. The number of fused-ring (bicyclic) bond motifs is 3. The average molecular weight is 440 g/mol. The summed E-state index contributed by atoms with van der Waals surface area (Å²) < 4.78 is 22.5. The summed E-state index contributed by atoms with van der Waals surface area (Å²) in [5.74, 6) is 0.562. The van der Waals surface area contributed by atoms with Gasteiger partial charge in [0.2, 0.25) is 6.29 Å². The molecule has 5 atom stereocenters. The van der Waals surface area contributed by atoms with E-state index in [9.17, 15) is 25.2 Å². The number of aliphatic hydroxyl groups excluding tert-OH is 4. The summed E-state index contributed by atoms with van der Waals surface area (Å²) >= 11 is 0. The molecular formula is C23H20O9. The molecule has 0 radical (unpaired) electrons. The van der Waals surface area contributed by atoms with Crippen LogP contribution < -0.4 is 10.2 Å². The van der Waals surface area contributed by atoms with Gasteiger partial charge in [-0.2, -0.15) is 0 Å². The Kier molecular flexibility index (Phi) is 5.20. The quantitative estimate of drug-likeness (QED) is 0.370. The molecule has 0 bridgehead atoms. The fraction of sp³-hybridized carbons (Fsp3) is 0.261. The first-order chi connectivity index (χ1) is 15.5. The van der Waals surface area contributed by atoms with Crippen LogP contribution in [0.25, 0.3) is 33.3 Å². The fourth-order valence-corrected chi connectivity index (χ4v) is 3.82. The lowest BCUT2D eigenvalue weighted by Crippen LogP contribution is -2.60. The number of hydrogen-bond donors (Lipinski definition) is 4. The Bertz CT molecular complexity index is 1320. The van der Waals surface area contributed by atoms with Gasteiger partial charge in [0.1, 0.15) is 47.1 Å². The number of hydrogen-bond acceptors (Lipinski definition) is 9. The first-order valence-electron chi connectivity index (χ1n) is 9.98. The number of furan rings is 1. The van der Waals surface area contributed by atoms with E-state index in [4.69, 9.17) is 18.3 Å². The first-order valence-corrected chi connectivity index (χ1v) is 9.98. The highest BCUT2D eigenvalue weighted by atomic mass is 16.7. The third-order valence-corrected chi connectivity index (χ3v) is 5.54. The van der Waals surface area contributed by atoms with Crippen LogP contribution in [0.3, 0.4) is 0 Å². The molecule has 4 aromatic rings. The second-order valence-corrected chi connectivity index (χ2v) is 7.59. The van der Waals surface area contributed by atoms with Crippen molar-refractivity contribution in [2.75, 3.05) is 6.61 Å². The zero-order valence-electron chi connectivity index (χ0n) is 16.6. The van der Waals surface area contributed by atoms with E-state index in [0.29, 0.717) is 33.3 Å². The minimum Gasteiger partial charge on any atom is -0.464 e. The van der Waals surface area contributed by atoms with Crippen molar-refractivity contribution in [1.82, 2.24) is 0 Å². The molecule has 0 amide bonds. The van der Waals surface area contributed by atoms with Crippen molar-refractivity contribution in [3.05, 3.63) is 65.0 Å². The SMILES string of the molecule is O=c1cc(-c2cccc(O[C@@H]3OC(CO)[C@@H](O)[C@H](O)C3O)c2)oc2c1ccc1occc12. The highest BCUT2D eigenvalue weighted by molar-refractivity contribution is 6.02. The van der Waals surface area contributed by atoms with Crippen LogP contribution in [0.5, 0.6) is 5.75 Å². The lowest BCUT2D eigenvalue weighted by molar-refractivity contribution is -0.277. The van der Waals surface area contributed by atoms with Crippen molar-refractivity contribution < 1.29 is 38.7 Å². The van der Waals surface area contributed by atoms with Gasteiger partial charge in [-0.25, -0.2) is 0 Å². The average Bonchev–Trinajstić information content (AvgIpc) is 3.29. The molecule has 32 heavy (non-hydrogen) atoms. The molecule has 5 rings (SSSR count). The summed E-state index contributed by atoms with van der Waals surface area (Å²) in [7, 11) is 0. The van der Waals surface area contributed by atoms with Crippen LogP contribution in [-0.2, 0) is 4.74 Å². The minimum atomic E-state index is -1.55. The zero-order valence-corrected chi connectivity index (χ0v) is 16.6. The summed E-state index contributed by atoms with van der Waals surface area (Å²) in [6.45, 7) is -0.560. The third kappa shape index (κ3) is 3.46. The summed E-state index contributed by atoms with van der Waals surface area (Å²) in [5, 5.41) is 40.5. The Labute approximate surface area is 180 Å². The Morgan fingerprint density at radius 2 is 1.78 bits per heavy atom. The van der Waals surface area contributed by atoms with Crippen molar-refractivity contribution >= 4 is 21.9 Å². The van der Waals surface area contributed by atoms with Gasteiger partial charge in [-0.05, 0) is 30.3 Å². The fourth-order valence-electron chi connectivity index (χ4n) is 3.82. The molecule has 2 unspecified atom stereocenters. The highest BCUT2D eigenvalue weighted by Crippen LogP contribution is 2.31. The van der Waals surface area contributed by atoms with Gasteiger partial charge in [0.25, 0.3) is 0 Å². The maximum atomic E-state index is 12.7. The van der Waals surface area contributed by atoms with Crippen LogP contribution in [0, 0.1) is 0 Å². The maximum absolute atomic E-state index is 12.7. The van der Waals surface area contributed by atoms with E-state index in [1.54, 1.807) is 42.5 Å². The van der Waals surface area contributed by atoms with E-state index in [2.05, 4.69) is 0 Å². The molecule has 166 valence electrons. The molecule has 1 aliphatic heterocycles. The Balaban J connectivity index is 1.49. The molecule has 0 spiro atoms. The van der Waals surface area contributed by atoms with E-state index >= 15 is 0 Å². The second kappa shape index (κ2) is 8.05. The molecule has 3 heterocycles. The van der Waals surface area contributed by atoms with Gasteiger partial charge >= 0.3 is 0 Å². The van der Waals surface area contributed by atoms with Crippen molar-refractivity contribution in [2.24, 2.45) is 0 Å². The van der Waals surface area contributed by atoms with Crippen LogP contribution in [0.15, 0.2) is 68.4 Å². The number of benzene rings is 2. The lowest BCUT2D eigenvalue weighted by Gasteiger charge is -2.39. The molecule has 4 N–H and O–H groups in total. The molecule has 9 nitrogen and oxygen atoms in total. The Morgan fingerprint density at radius 3 is 2.59 bits per heavy atom. The van der Waals surface area contributed by atoms with Crippen LogP contribution in [-0.4, -0.2) is 57.7 Å². The van der Waals surface area contributed by atoms with Gasteiger partial charge in [0, 0.05) is 11.6 Å². The van der Waals surface area contributed by atoms with E-state index in [0.717, 1.165) is 0 Å². The monoisotopic (exact) mass is 440 g/mol. The molecule has 0 aliphatic carbocycles. The van der Waals surface area contributed by atoms with Crippen LogP contribution in [0.1, 0.15) is 0 Å². The topological polar surface area (TPSA) is 143 Å². The van der Waals surface area contributed by atoms with Gasteiger partial charge in [-0.1, -0.05) is 12.1 Å². The smallest absolute Gasteiger partial charge is 0.229 e. The molecule has 0 saturated carbocycles. The van der Waals surface area contributed by atoms with E-state index in [-0.39, 0.29) is 11.2 Å². The van der Waals surface area contributed by atoms with Gasteiger partial charge in [0.15, 0.2) is 5.43 Å². The predicted molar refractivity (Wildman–Crippen MR) is 112 cm³/mol. The molecular weight excluding hydrogens is 420 g/mol. The largest absolute Gasteiger partial charge is 0.464 e. The lowest BCUT2D eigenvalue weighted by atomic mass is 9.99. The molecule has 1 aliphatic rings. The van der Waals surface area contributed by atoms with Gasteiger partial charge in [-0.3, -0.25) is 4.79 Å². The van der Waals surface area contributed by atoms with Crippen LogP contribution in [0.4, 0.5) is 0 Å². The van der Waals surface area contributed by atoms with E-state index in [1.807, 2.05) is 0 Å². The number of aliphatic hydroxyl groups is 4. The number of rotatable bonds is 4. The van der Waals surface area contributed by atoms with Crippen LogP contribution in [0.2, 0.25) is 0 Å². The summed E-state index contributed by atoms with van der Waals surface area (Å²) in [6, 6.07) is 13.0. The van der Waals surface area contributed by atoms with Crippen molar-refractivity contribution in [2.45, 2.75) is 30.7 Å². The minimum absolute atomic E-state index is 0.218. The molecule has 9 heteroatoms. The summed E-state index contributed by atoms with van der Waals surface area (Å²) in [4.78, 5) is 12.7. The predicted octanol–water partition coefficient (Wildman–Crippen LogP) is 1.38. The first kappa shape index (κ1) is 20.7. The van der Waals surface area contributed by atoms with Gasteiger partial charge in [0.05, 0.1) is 23.6 Å². The maximum Gasteiger partial charge on any atom is 0.229 e. The second-order valence-electron chi connectivity index (χ2n) is 7.59. The van der Waals surface area contributed by atoms with Crippen molar-refractivity contribution in [1.29, 1.82) is 0 Å². The summed E-state index contributed by atoms with van der Waals surface area (Å²) in [5.41, 5.74) is 1.31. The Hall–Kier alpha value is -3.21. The molecule has 1 saturated heterocycles. The molecule has 2 aromatic heterocycles. The van der Waals surface area contributed by atoms with Gasteiger partial charge in [-0.15, -0.1) is 0 Å². The zero-order chi connectivity index (χ0) is 22.4. The van der Waals surface area contributed by atoms with E-state index < -0.39 is 37.3 Å². The molecule has 1 fully saturated rings.